The third kappa shape index (κ3) is 7.00. The molecule has 148 valence electrons. The number of benzene rings is 1. The first kappa shape index (κ1) is 20.9. The van der Waals surface area contributed by atoms with Crippen molar-refractivity contribution < 1.29 is 32.3 Å². The zero-order chi connectivity index (χ0) is 20.0. The lowest BCUT2D eigenvalue weighted by Crippen LogP contribution is -2.37. The van der Waals surface area contributed by atoms with Gasteiger partial charge in [0.1, 0.15) is 5.75 Å². The van der Waals surface area contributed by atoms with Gasteiger partial charge in [0.15, 0.2) is 0 Å². The molecule has 1 aliphatic heterocycles. The highest BCUT2D eigenvalue weighted by Crippen LogP contribution is 2.24. The first-order valence-corrected chi connectivity index (χ1v) is 8.94. The molecule has 1 aromatic carbocycles. The first-order chi connectivity index (χ1) is 12.6. The second kappa shape index (κ2) is 8.98. The fourth-order valence-electron chi connectivity index (χ4n) is 2.29. The van der Waals surface area contributed by atoms with Gasteiger partial charge in [-0.2, -0.15) is 0 Å². The number of carbonyl (C=O) groups is 3. The van der Waals surface area contributed by atoms with Gasteiger partial charge in [-0.25, -0.2) is 0 Å². The van der Waals surface area contributed by atoms with Crippen LogP contribution in [0.5, 0.6) is 5.75 Å². The molecule has 0 bridgehead atoms. The number of nitrogens with zero attached hydrogens (tertiary/aromatic N) is 2. The number of thioether (sulfide) groups is 1. The number of nitrogens with one attached hydrogen (secondary N) is 1. The summed E-state index contributed by atoms with van der Waals surface area (Å²) in [7, 11) is 1.46. The van der Waals surface area contributed by atoms with Gasteiger partial charge in [-0.15, -0.1) is 13.2 Å². The molecule has 1 heterocycles. The molecule has 0 saturated carbocycles. The van der Waals surface area contributed by atoms with E-state index < -0.39 is 18.0 Å². The Labute approximate surface area is 157 Å². The third-order valence-corrected chi connectivity index (χ3v) is 4.51. The van der Waals surface area contributed by atoms with Gasteiger partial charge in [-0.05, 0) is 24.3 Å². The van der Waals surface area contributed by atoms with Crippen molar-refractivity contribution in [3.05, 3.63) is 24.3 Å². The lowest BCUT2D eigenvalue weighted by molar-refractivity contribution is -0.274. The van der Waals surface area contributed by atoms with E-state index in [0.717, 1.165) is 12.1 Å². The van der Waals surface area contributed by atoms with Crippen LogP contribution in [0.2, 0.25) is 0 Å². The zero-order valence-corrected chi connectivity index (χ0v) is 15.2. The van der Waals surface area contributed by atoms with Crippen LogP contribution in [0.4, 0.5) is 23.7 Å². The van der Waals surface area contributed by atoms with Crippen LogP contribution in [-0.4, -0.2) is 65.7 Å². The zero-order valence-electron chi connectivity index (χ0n) is 14.4. The van der Waals surface area contributed by atoms with E-state index in [1.54, 1.807) is 4.90 Å². The van der Waals surface area contributed by atoms with Gasteiger partial charge in [0.25, 0.3) is 5.24 Å². The SMILES string of the molecule is CN(CC(=O)Nc1ccc(OC(F)(F)F)cc1)C(=O)CCN1CCSC1=O. The van der Waals surface area contributed by atoms with Crippen LogP contribution >= 0.6 is 11.8 Å². The van der Waals surface area contributed by atoms with Gasteiger partial charge in [-0.3, -0.25) is 14.4 Å². The largest absolute Gasteiger partial charge is 0.573 e. The second-order valence-corrected chi connectivity index (χ2v) is 6.77. The number of ether oxygens (including phenoxy) is 1. The Balaban J connectivity index is 1.76. The number of likely N-dealkylation sites (N-methyl/N-ethyl adjacent to an activating group) is 1. The summed E-state index contributed by atoms with van der Waals surface area (Å²) >= 11 is 1.21. The van der Waals surface area contributed by atoms with Crippen molar-refractivity contribution in [1.29, 1.82) is 0 Å². The predicted octanol–water partition coefficient (Wildman–Crippen LogP) is 2.54. The Bertz CT molecular complexity index is 697. The van der Waals surface area contributed by atoms with Gasteiger partial charge < -0.3 is 19.9 Å². The number of hydrogen-bond donors (Lipinski definition) is 1. The van der Waals surface area contributed by atoms with Crippen LogP contribution in [0.3, 0.4) is 0 Å². The lowest BCUT2D eigenvalue weighted by atomic mass is 10.3. The molecule has 0 atom stereocenters. The fourth-order valence-corrected chi connectivity index (χ4v) is 3.15. The highest BCUT2D eigenvalue weighted by molar-refractivity contribution is 8.13. The van der Waals surface area contributed by atoms with Crippen LogP contribution in [0.15, 0.2) is 24.3 Å². The molecule has 11 heteroatoms. The molecule has 0 aliphatic carbocycles. The van der Waals surface area contributed by atoms with Crippen LogP contribution in [-0.2, 0) is 9.59 Å². The molecule has 0 unspecified atom stereocenters. The number of halogens is 3. The lowest BCUT2D eigenvalue weighted by Gasteiger charge is -2.19. The quantitative estimate of drug-likeness (QED) is 0.754. The average Bonchev–Trinajstić information content (AvgIpc) is 2.98. The third-order valence-electron chi connectivity index (χ3n) is 3.62. The van der Waals surface area contributed by atoms with Gasteiger partial charge in [0.2, 0.25) is 11.8 Å². The molecule has 0 spiro atoms. The molecule has 27 heavy (non-hydrogen) atoms. The fraction of sp³-hybridized carbons (Fsp3) is 0.438. The van der Waals surface area contributed by atoms with Crippen molar-refractivity contribution in [2.75, 3.05) is 37.8 Å². The Morgan fingerprint density at radius 3 is 2.52 bits per heavy atom. The minimum Gasteiger partial charge on any atom is -0.406 e. The maximum Gasteiger partial charge on any atom is 0.573 e. The van der Waals surface area contributed by atoms with Crippen molar-refractivity contribution in [2.24, 2.45) is 0 Å². The van der Waals surface area contributed by atoms with Crippen molar-refractivity contribution in [1.82, 2.24) is 9.80 Å². The summed E-state index contributed by atoms with van der Waals surface area (Å²) < 4.78 is 40.0. The predicted molar refractivity (Wildman–Crippen MR) is 93.4 cm³/mol. The molecule has 0 aromatic heterocycles. The number of amides is 3. The van der Waals surface area contributed by atoms with Gasteiger partial charge in [-0.1, -0.05) is 11.8 Å². The van der Waals surface area contributed by atoms with E-state index in [2.05, 4.69) is 10.1 Å². The van der Waals surface area contributed by atoms with Crippen molar-refractivity contribution >= 4 is 34.5 Å². The summed E-state index contributed by atoms with van der Waals surface area (Å²) in [5.74, 6) is -0.479. The number of hydrogen-bond acceptors (Lipinski definition) is 5. The Morgan fingerprint density at radius 2 is 1.96 bits per heavy atom. The summed E-state index contributed by atoms with van der Waals surface area (Å²) in [5.41, 5.74) is 0.273. The van der Waals surface area contributed by atoms with E-state index in [0.29, 0.717) is 18.8 Å². The van der Waals surface area contributed by atoms with Gasteiger partial charge in [0.05, 0.1) is 6.54 Å². The van der Waals surface area contributed by atoms with Crippen LogP contribution in [0, 0.1) is 0 Å². The maximum absolute atomic E-state index is 12.1. The van der Waals surface area contributed by atoms with Crippen molar-refractivity contribution in [3.8, 4) is 5.75 Å². The summed E-state index contributed by atoms with van der Waals surface area (Å²) in [6.07, 6.45) is -4.67. The smallest absolute Gasteiger partial charge is 0.406 e. The van der Waals surface area contributed by atoms with E-state index in [9.17, 15) is 27.6 Å². The topological polar surface area (TPSA) is 79.0 Å². The summed E-state index contributed by atoms with van der Waals surface area (Å²) in [6.45, 7) is 0.689. The second-order valence-electron chi connectivity index (χ2n) is 5.72. The highest BCUT2D eigenvalue weighted by atomic mass is 32.2. The Hall–Kier alpha value is -2.43. The van der Waals surface area contributed by atoms with Crippen molar-refractivity contribution in [3.63, 3.8) is 0 Å². The number of alkyl halides is 3. The molecular formula is C16H18F3N3O4S. The van der Waals surface area contributed by atoms with E-state index in [-0.39, 0.29) is 29.8 Å². The molecular weight excluding hydrogens is 387 g/mol. The molecule has 7 nitrogen and oxygen atoms in total. The Morgan fingerprint density at radius 1 is 1.30 bits per heavy atom. The van der Waals surface area contributed by atoms with Crippen molar-refractivity contribution in [2.45, 2.75) is 12.8 Å². The van der Waals surface area contributed by atoms with E-state index in [4.69, 9.17) is 0 Å². The molecule has 1 fully saturated rings. The summed E-state index contributed by atoms with van der Waals surface area (Å²) in [4.78, 5) is 38.3. The average molecular weight is 405 g/mol. The Kier molecular flexibility index (Phi) is 6.94. The molecule has 1 N–H and O–H groups in total. The molecule has 1 aliphatic rings. The first-order valence-electron chi connectivity index (χ1n) is 7.95. The minimum absolute atomic E-state index is 0.0545. The summed E-state index contributed by atoms with van der Waals surface area (Å²) in [5, 5.41) is 2.43. The summed E-state index contributed by atoms with van der Waals surface area (Å²) in [6, 6.07) is 4.67. The highest BCUT2D eigenvalue weighted by Gasteiger charge is 2.31. The molecule has 0 radical (unpaired) electrons. The van der Waals surface area contributed by atoms with Crippen LogP contribution < -0.4 is 10.1 Å². The monoisotopic (exact) mass is 405 g/mol. The number of rotatable bonds is 7. The minimum atomic E-state index is -4.79. The standard InChI is InChI=1S/C16H18F3N3O4S/c1-21(14(24)6-7-22-8-9-27-15(22)25)10-13(23)20-11-2-4-12(5-3-11)26-16(17,18)19/h2-5H,6-10H2,1H3,(H,20,23). The van der Waals surface area contributed by atoms with Crippen LogP contribution in [0.1, 0.15) is 6.42 Å². The normalized spacial score (nSPS) is 14.2. The molecule has 2 rings (SSSR count). The van der Waals surface area contributed by atoms with E-state index in [1.165, 1.54) is 35.8 Å². The molecule has 3 amide bonds. The van der Waals surface area contributed by atoms with Crippen LogP contribution in [0.25, 0.3) is 0 Å². The molecule has 1 aromatic rings. The number of anilines is 1. The molecule has 1 saturated heterocycles. The van der Waals surface area contributed by atoms with E-state index in [1.807, 2.05) is 0 Å². The van der Waals surface area contributed by atoms with Gasteiger partial charge in [0, 0.05) is 38.0 Å². The number of carbonyl (C=O) groups excluding carboxylic acids is 3. The van der Waals surface area contributed by atoms with E-state index >= 15 is 0 Å². The maximum atomic E-state index is 12.1. The van der Waals surface area contributed by atoms with Gasteiger partial charge >= 0.3 is 6.36 Å².